The average Bonchev–Trinajstić information content (AvgIpc) is 2.15. The SMILES string of the molecule is Cc1cc(C(F)(F)F)ccc1/C(N)=N/O. The first-order valence-corrected chi connectivity index (χ1v) is 4.02. The maximum Gasteiger partial charge on any atom is 0.416 e. The molecule has 1 rings (SSSR count). The summed E-state index contributed by atoms with van der Waals surface area (Å²) in [6.45, 7) is 1.46. The first-order valence-electron chi connectivity index (χ1n) is 4.02. The molecule has 0 saturated carbocycles. The van der Waals surface area contributed by atoms with E-state index in [9.17, 15) is 13.2 Å². The Kier molecular flexibility index (Phi) is 2.88. The second-order valence-electron chi connectivity index (χ2n) is 3.01. The molecular formula is C9H9F3N2O. The number of nitrogens with zero attached hydrogens (tertiary/aromatic N) is 1. The molecule has 0 aliphatic heterocycles. The fourth-order valence-corrected chi connectivity index (χ4v) is 1.18. The van der Waals surface area contributed by atoms with Crippen LogP contribution in [-0.4, -0.2) is 11.0 Å². The van der Waals surface area contributed by atoms with E-state index in [0.717, 1.165) is 12.1 Å². The molecule has 1 aromatic rings. The molecule has 0 aromatic heterocycles. The highest BCUT2D eigenvalue weighted by Gasteiger charge is 2.30. The van der Waals surface area contributed by atoms with Crippen LogP contribution in [0.15, 0.2) is 23.4 Å². The summed E-state index contributed by atoms with van der Waals surface area (Å²) in [5.74, 6) is -0.207. The summed E-state index contributed by atoms with van der Waals surface area (Å²) in [5, 5.41) is 11.1. The standard InChI is InChI=1S/C9H9F3N2O/c1-5-4-6(9(10,11)12)2-3-7(5)8(13)14-15/h2-4,15H,1H3,(H2,13,14). The molecule has 3 N–H and O–H groups in total. The molecule has 0 heterocycles. The van der Waals surface area contributed by atoms with Crippen LogP contribution in [0, 0.1) is 6.92 Å². The number of benzene rings is 1. The van der Waals surface area contributed by atoms with Gasteiger partial charge in [0.25, 0.3) is 0 Å². The van der Waals surface area contributed by atoms with Crippen LogP contribution in [0.4, 0.5) is 13.2 Å². The zero-order valence-electron chi connectivity index (χ0n) is 7.84. The van der Waals surface area contributed by atoms with Gasteiger partial charge in [0.2, 0.25) is 0 Å². The highest BCUT2D eigenvalue weighted by atomic mass is 19.4. The molecule has 82 valence electrons. The Morgan fingerprint density at radius 1 is 1.40 bits per heavy atom. The normalized spacial score (nSPS) is 12.9. The number of halogens is 3. The van der Waals surface area contributed by atoms with Crippen molar-refractivity contribution in [2.75, 3.05) is 0 Å². The lowest BCUT2D eigenvalue weighted by Crippen LogP contribution is -2.15. The van der Waals surface area contributed by atoms with Gasteiger partial charge in [-0.1, -0.05) is 11.2 Å². The second-order valence-corrected chi connectivity index (χ2v) is 3.01. The quantitative estimate of drug-likeness (QED) is 0.328. The van der Waals surface area contributed by atoms with Crippen molar-refractivity contribution in [2.45, 2.75) is 13.1 Å². The van der Waals surface area contributed by atoms with Crippen LogP contribution in [0.5, 0.6) is 0 Å². The van der Waals surface area contributed by atoms with Crippen molar-refractivity contribution in [3.8, 4) is 0 Å². The van der Waals surface area contributed by atoms with Crippen LogP contribution in [0.1, 0.15) is 16.7 Å². The van der Waals surface area contributed by atoms with E-state index in [0.29, 0.717) is 5.56 Å². The lowest BCUT2D eigenvalue weighted by molar-refractivity contribution is -0.137. The van der Waals surface area contributed by atoms with Crippen molar-refractivity contribution in [3.63, 3.8) is 0 Å². The Morgan fingerprint density at radius 2 is 2.00 bits per heavy atom. The molecule has 0 fully saturated rings. The minimum atomic E-state index is -4.38. The van der Waals surface area contributed by atoms with Crippen molar-refractivity contribution >= 4 is 5.84 Å². The number of oxime groups is 1. The third kappa shape index (κ3) is 2.39. The minimum absolute atomic E-state index is 0.207. The predicted molar refractivity (Wildman–Crippen MR) is 48.7 cm³/mol. The molecule has 0 atom stereocenters. The Hall–Kier alpha value is -1.72. The maximum atomic E-state index is 12.3. The number of rotatable bonds is 1. The van der Waals surface area contributed by atoms with E-state index in [4.69, 9.17) is 10.9 Å². The van der Waals surface area contributed by atoms with Crippen molar-refractivity contribution in [3.05, 3.63) is 34.9 Å². The lowest BCUT2D eigenvalue weighted by atomic mass is 10.0. The molecule has 0 unspecified atom stereocenters. The number of hydrogen-bond acceptors (Lipinski definition) is 2. The van der Waals surface area contributed by atoms with Gasteiger partial charge in [-0.3, -0.25) is 0 Å². The third-order valence-electron chi connectivity index (χ3n) is 1.94. The minimum Gasteiger partial charge on any atom is -0.409 e. The summed E-state index contributed by atoms with van der Waals surface area (Å²) in [4.78, 5) is 0. The highest BCUT2D eigenvalue weighted by Crippen LogP contribution is 2.30. The van der Waals surface area contributed by atoms with Gasteiger partial charge in [0.1, 0.15) is 0 Å². The van der Waals surface area contributed by atoms with Crippen LogP contribution in [-0.2, 0) is 6.18 Å². The molecule has 0 aliphatic carbocycles. The van der Waals surface area contributed by atoms with Crippen molar-refractivity contribution in [2.24, 2.45) is 10.9 Å². The zero-order valence-corrected chi connectivity index (χ0v) is 7.84. The zero-order chi connectivity index (χ0) is 11.6. The summed E-state index contributed by atoms with van der Waals surface area (Å²) >= 11 is 0. The first kappa shape index (κ1) is 11.4. The lowest BCUT2D eigenvalue weighted by Gasteiger charge is -2.09. The van der Waals surface area contributed by atoms with Gasteiger partial charge in [-0.05, 0) is 24.6 Å². The predicted octanol–water partition coefficient (Wildman–Crippen LogP) is 2.11. The van der Waals surface area contributed by atoms with Crippen LogP contribution >= 0.6 is 0 Å². The largest absolute Gasteiger partial charge is 0.416 e. The van der Waals surface area contributed by atoms with Crippen LogP contribution in [0.3, 0.4) is 0 Å². The van der Waals surface area contributed by atoms with Crippen LogP contribution < -0.4 is 5.73 Å². The third-order valence-corrected chi connectivity index (χ3v) is 1.94. The van der Waals surface area contributed by atoms with E-state index in [1.807, 2.05) is 0 Å². The molecule has 6 heteroatoms. The first-order chi connectivity index (χ1) is 6.86. The number of alkyl halides is 3. The molecule has 0 aliphatic rings. The summed E-state index contributed by atoms with van der Waals surface area (Å²) in [5.41, 5.74) is 5.11. The van der Waals surface area contributed by atoms with E-state index in [1.165, 1.54) is 13.0 Å². The summed E-state index contributed by atoms with van der Waals surface area (Å²) in [6, 6.07) is 3.01. The van der Waals surface area contributed by atoms with Gasteiger partial charge in [0.05, 0.1) is 5.56 Å². The summed E-state index contributed by atoms with van der Waals surface area (Å²) in [7, 11) is 0. The summed E-state index contributed by atoms with van der Waals surface area (Å²) < 4.78 is 36.8. The highest BCUT2D eigenvalue weighted by molar-refractivity contribution is 5.98. The van der Waals surface area contributed by atoms with Gasteiger partial charge < -0.3 is 10.9 Å². The van der Waals surface area contributed by atoms with Crippen molar-refractivity contribution in [1.82, 2.24) is 0 Å². The number of aryl methyl sites for hydroxylation is 1. The van der Waals surface area contributed by atoms with Gasteiger partial charge in [-0.25, -0.2) is 0 Å². The molecule has 0 spiro atoms. The Labute approximate surface area is 84.0 Å². The van der Waals surface area contributed by atoms with Crippen molar-refractivity contribution in [1.29, 1.82) is 0 Å². The number of nitrogens with two attached hydrogens (primary N) is 1. The fourth-order valence-electron chi connectivity index (χ4n) is 1.18. The Balaban J connectivity index is 3.21. The molecular weight excluding hydrogens is 209 g/mol. The molecule has 15 heavy (non-hydrogen) atoms. The van der Waals surface area contributed by atoms with Gasteiger partial charge in [-0.15, -0.1) is 0 Å². The monoisotopic (exact) mass is 218 g/mol. The van der Waals surface area contributed by atoms with Gasteiger partial charge >= 0.3 is 6.18 Å². The smallest absolute Gasteiger partial charge is 0.409 e. The maximum absolute atomic E-state index is 12.3. The Morgan fingerprint density at radius 3 is 2.40 bits per heavy atom. The fraction of sp³-hybridized carbons (Fsp3) is 0.222. The molecule has 1 aromatic carbocycles. The molecule has 0 amide bonds. The second kappa shape index (κ2) is 3.80. The van der Waals surface area contributed by atoms with Gasteiger partial charge in [-0.2, -0.15) is 13.2 Å². The number of hydrogen-bond donors (Lipinski definition) is 2. The van der Waals surface area contributed by atoms with E-state index in [1.54, 1.807) is 0 Å². The van der Waals surface area contributed by atoms with Gasteiger partial charge in [0, 0.05) is 5.56 Å². The van der Waals surface area contributed by atoms with E-state index < -0.39 is 11.7 Å². The van der Waals surface area contributed by atoms with E-state index in [-0.39, 0.29) is 11.4 Å². The molecule has 0 bridgehead atoms. The van der Waals surface area contributed by atoms with Crippen LogP contribution in [0.25, 0.3) is 0 Å². The molecule has 0 radical (unpaired) electrons. The van der Waals surface area contributed by atoms with Gasteiger partial charge in [0.15, 0.2) is 5.84 Å². The average molecular weight is 218 g/mol. The Bertz CT molecular complexity index is 399. The van der Waals surface area contributed by atoms with E-state index in [2.05, 4.69) is 5.16 Å². The topological polar surface area (TPSA) is 58.6 Å². The van der Waals surface area contributed by atoms with Crippen LogP contribution in [0.2, 0.25) is 0 Å². The molecule has 0 saturated heterocycles. The molecule has 3 nitrogen and oxygen atoms in total. The van der Waals surface area contributed by atoms with E-state index >= 15 is 0 Å². The van der Waals surface area contributed by atoms with Crippen molar-refractivity contribution < 1.29 is 18.4 Å². The summed E-state index contributed by atoms with van der Waals surface area (Å²) in [6.07, 6.45) is -4.38. The number of amidine groups is 1.